The Labute approximate surface area is 235 Å². The van der Waals surface area contributed by atoms with E-state index in [1.165, 1.54) is 10.8 Å². The number of aliphatic hydroxyl groups excluding tert-OH is 1. The third-order valence-corrected chi connectivity index (χ3v) is 7.99. The highest BCUT2D eigenvalue weighted by Gasteiger charge is 2.32. The Bertz CT molecular complexity index is 1540. The standard InChI is InChI=1S/C27H34FN7O6/c1-3-31-16-20(27(38)39)24(37)19-12-21(28)23(13-22(19)31)32-10-8-30(9-11-32)14-18(36)15-34-17(2)29-25(26(34)35(40)41)33-6-4-5-7-33/h12-13,16,18,36H,3-11,14-15H2,1-2H3,(H,38,39). The van der Waals surface area contributed by atoms with Crippen molar-refractivity contribution >= 4 is 34.2 Å². The molecule has 2 N–H and O–H groups in total. The molecule has 2 aromatic heterocycles. The van der Waals surface area contributed by atoms with Gasteiger partial charge in [0.05, 0.1) is 11.2 Å². The molecule has 2 aliphatic heterocycles. The average Bonchev–Trinajstić information content (AvgIpc) is 3.57. The van der Waals surface area contributed by atoms with Crippen molar-refractivity contribution in [2.45, 2.75) is 45.9 Å². The monoisotopic (exact) mass is 571 g/mol. The molecule has 0 aliphatic carbocycles. The number of nitro groups is 1. The number of aromatic carboxylic acids is 1. The number of anilines is 2. The Morgan fingerprint density at radius 3 is 2.41 bits per heavy atom. The fourth-order valence-corrected chi connectivity index (χ4v) is 5.87. The summed E-state index contributed by atoms with van der Waals surface area (Å²) in [6.07, 6.45) is 2.34. The van der Waals surface area contributed by atoms with E-state index < -0.39 is 33.8 Å². The third-order valence-electron chi connectivity index (χ3n) is 7.99. The molecule has 0 saturated carbocycles. The second kappa shape index (κ2) is 11.4. The zero-order valence-electron chi connectivity index (χ0n) is 23.1. The molecule has 0 spiro atoms. The van der Waals surface area contributed by atoms with Gasteiger partial charge in [-0.2, -0.15) is 4.98 Å². The van der Waals surface area contributed by atoms with Gasteiger partial charge < -0.3 is 34.7 Å². The summed E-state index contributed by atoms with van der Waals surface area (Å²) in [6.45, 7) is 7.67. The van der Waals surface area contributed by atoms with Gasteiger partial charge in [0.1, 0.15) is 24.0 Å². The molecule has 2 saturated heterocycles. The highest BCUT2D eigenvalue weighted by molar-refractivity contribution is 5.93. The summed E-state index contributed by atoms with van der Waals surface area (Å²) in [6, 6.07) is 2.70. The van der Waals surface area contributed by atoms with E-state index in [4.69, 9.17) is 0 Å². The van der Waals surface area contributed by atoms with Crippen LogP contribution < -0.4 is 15.2 Å². The summed E-state index contributed by atoms with van der Waals surface area (Å²) in [5, 5.41) is 32.2. The van der Waals surface area contributed by atoms with Gasteiger partial charge in [0, 0.05) is 70.9 Å². The Kier molecular flexibility index (Phi) is 7.95. The summed E-state index contributed by atoms with van der Waals surface area (Å²) in [5.41, 5.74) is -0.339. The lowest BCUT2D eigenvalue weighted by Gasteiger charge is -2.37. The van der Waals surface area contributed by atoms with Crippen molar-refractivity contribution in [2.75, 3.05) is 55.6 Å². The van der Waals surface area contributed by atoms with Gasteiger partial charge in [0.15, 0.2) is 5.82 Å². The molecule has 2 fully saturated rings. The van der Waals surface area contributed by atoms with Crippen LogP contribution in [0.25, 0.3) is 10.9 Å². The van der Waals surface area contributed by atoms with Crippen LogP contribution >= 0.6 is 0 Å². The molecule has 1 aromatic carbocycles. The van der Waals surface area contributed by atoms with Gasteiger partial charge in [-0.3, -0.25) is 9.69 Å². The number of carboxylic acids is 1. The van der Waals surface area contributed by atoms with E-state index in [2.05, 4.69) is 4.98 Å². The van der Waals surface area contributed by atoms with Crippen LogP contribution in [-0.4, -0.2) is 92.0 Å². The summed E-state index contributed by atoms with van der Waals surface area (Å²) < 4.78 is 18.3. The minimum atomic E-state index is -1.35. The number of fused-ring (bicyclic) bond motifs is 1. The topological polar surface area (TPSA) is 150 Å². The largest absolute Gasteiger partial charge is 0.477 e. The van der Waals surface area contributed by atoms with Crippen molar-refractivity contribution in [3.63, 3.8) is 0 Å². The van der Waals surface area contributed by atoms with E-state index in [-0.39, 0.29) is 24.3 Å². The van der Waals surface area contributed by atoms with Gasteiger partial charge in [-0.15, -0.1) is 0 Å². The quantitative estimate of drug-likeness (QED) is 0.289. The molecule has 220 valence electrons. The summed E-state index contributed by atoms with van der Waals surface area (Å²) in [4.78, 5) is 45.9. The molecule has 1 atom stereocenters. The second-order valence-corrected chi connectivity index (χ2v) is 10.6. The van der Waals surface area contributed by atoms with Gasteiger partial charge in [0.2, 0.25) is 11.2 Å². The van der Waals surface area contributed by atoms with Crippen LogP contribution in [0.1, 0.15) is 35.9 Å². The number of β-amino-alcohol motifs (C(OH)–C–C–N with tert-alkyl or cyclic N) is 1. The Balaban J connectivity index is 1.27. The van der Waals surface area contributed by atoms with E-state index in [0.717, 1.165) is 32.0 Å². The minimum Gasteiger partial charge on any atom is -0.477 e. The van der Waals surface area contributed by atoms with E-state index >= 15 is 4.39 Å². The Morgan fingerprint density at radius 2 is 1.80 bits per heavy atom. The van der Waals surface area contributed by atoms with Crippen molar-refractivity contribution in [1.29, 1.82) is 0 Å². The first kappa shape index (κ1) is 28.5. The first-order chi connectivity index (χ1) is 19.6. The number of rotatable bonds is 9. The predicted molar refractivity (Wildman–Crippen MR) is 151 cm³/mol. The molecule has 0 amide bonds. The molecule has 0 bridgehead atoms. The number of hydrogen-bond acceptors (Lipinski definition) is 9. The zero-order valence-corrected chi connectivity index (χ0v) is 23.1. The smallest absolute Gasteiger partial charge is 0.367 e. The van der Waals surface area contributed by atoms with Crippen molar-refractivity contribution in [3.8, 4) is 0 Å². The van der Waals surface area contributed by atoms with Crippen molar-refractivity contribution < 1.29 is 24.3 Å². The summed E-state index contributed by atoms with van der Waals surface area (Å²) in [7, 11) is 0. The van der Waals surface area contributed by atoms with Gasteiger partial charge in [0.25, 0.3) is 0 Å². The fraction of sp³-hybridized carbons (Fsp3) is 0.519. The van der Waals surface area contributed by atoms with Crippen molar-refractivity contribution in [3.05, 3.63) is 55.9 Å². The molecule has 14 heteroatoms. The summed E-state index contributed by atoms with van der Waals surface area (Å²) in [5.74, 6) is -1.22. The van der Waals surface area contributed by atoms with Crippen LogP contribution in [0.3, 0.4) is 0 Å². The number of carbonyl (C=O) groups is 1. The van der Waals surface area contributed by atoms with Crippen LogP contribution in [0, 0.1) is 22.9 Å². The minimum absolute atomic E-state index is 0.0199. The average molecular weight is 572 g/mol. The van der Waals surface area contributed by atoms with Crippen LogP contribution in [0.15, 0.2) is 23.1 Å². The second-order valence-electron chi connectivity index (χ2n) is 10.6. The van der Waals surface area contributed by atoms with E-state index in [1.807, 2.05) is 21.6 Å². The Morgan fingerprint density at radius 1 is 1.12 bits per heavy atom. The molecule has 2 aliphatic rings. The first-order valence-electron chi connectivity index (χ1n) is 13.8. The highest BCUT2D eigenvalue weighted by atomic mass is 19.1. The number of carboxylic acid groups (broad SMARTS) is 1. The maximum atomic E-state index is 15.2. The van der Waals surface area contributed by atoms with Crippen LogP contribution in [-0.2, 0) is 13.1 Å². The number of benzene rings is 1. The lowest BCUT2D eigenvalue weighted by atomic mass is 10.1. The van der Waals surface area contributed by atoms with Crippen molar-refractivity contribution in [2.24, 2.45) is 0 Å². The predicted octanol–water partition coefficient (Wildman–Crippen LogP) is 2.06. The van der Waals surface area contributed by atoms with E-state index in [9.17, 15) is 29.9 Å². The molecule has 13 nitrogen and oxygen atoms in total. The number of aryl methyl sites for hydroxylation is 2. The highest BCUT2D eigenvalue weighted by Crippen LogP contribution is 2.32. The number of nitrogens with zero attached hydrogens (tertiary/aromatic N) is 7. The molecule has 1 unspecified atom stereocenters. The maximum absolute atomic E-state index is 15.2. The lowest BCUT2D eigenvalue weighted by molar-refractivity contribution is -0.391. The third kappa shape index (κ3) is 5.48. The number of aromatic nitrogens is 3. The van der Waals surface area contributed by atoms with Crippen LogP contribution in [0.2, 0.25) is 0 Å². The normalized spacial score (nSPS) is 17.0. The number of pyridine rings is 1. The maximum Gasteiger partial charge on any atom is 0.367 e. The molecule has 4 heterocycles. The fourth-order valence-electron chi connectivity index (χ4n) is 5.87. The van der Waals surface area contributed by atoms with Crippen LogP contribution in [0.5, 0.6) is 0 Å². The summed E-state index contributed by atoms with van der Waals surface area (Å²) >= 11 is 0. The number of imidazole rings is 1. The molecule has 41 heavy (non-hydrogen) atoms. The van der Waals surface area contributed by atoms with Gasteiger partial charge >= 0.3 is 11.8 Å². The van der Waals surface area contributed by atoms with Gasteiger partial charge in [-0.05, 0) is 36.8 Å². The SMILES string of the molecule is CCn1cc(C(=O)O)c(=O)c2cc(F)c(N3CCN(CC(O)Cn4c(C)nc(N5CCCC5)c4[N+](=O)[O-])CC3)cc21. The van der Waals surface area contributed by atoms with E-state index in [0.29, 0.717) is 55.6 Å². The van der Waals surface area contributed by atoms with E-state index in [1.54, 1.807) is 17.6 Å². The first-order valence-corrected chi connectivity index (χ1v) is 13.8. The number of halogens is 1. The molecule has 0 radical (unpaired) electrons. The molecular formula is C27H34FN7O6. The van der Waals surface area contributed by atoms with Crippen molar-refractivity contribution in [1.82, 2.24) is 19.0 Å². The number of hydrogen-bond donors (Lipinski definition) is 2. The molecular weight excluding hydrogens is 537 g/mol. The Hall–Kier alpha value is -4.04. The number of piperazine rings is 1. The molecule has 5 rings (SSSR count). The zero-order chi connectivity index (χ0) is 29.4. The molecule has 3 aromatic rings. The van der Waals surface area contributed by atoms with Crippen LogP contribution in [0.4, 0.5) is 21.7 Å². The van der Waals surface area contributed by atoms with Gasteiger partial charge in [-0.25, -0.2) is 13.8 Å². The number of aliphatic hydroxyl groups is 1. The lowest BCUT2D eigenvalue weighted by Crippen LogP contribution is -2.49. The van der Waals surface area contributed by atoms with Gasteiger partial charge in [-0.1, -0.05) is 0 Å².